The van der Waals surface area contributed by atoms with Crippen molar-refractivity contribution in [2.45, 2.75) is 111 Å². The number of hydrogen-bond donors (Lipinski definition) is 2. The second kappa shape index (κ2) is 10.1. The maximum absolute atomic E-state index is 11.1. The third kappa shape index (κ3) is 7.35. The SMILES string of the molecule is CC(C)(C)c1cc(Cc2cc(C(C)(C)C)c(O)c(C(C)(C)C)c2)cc(C(C)(C)C)c1O.O.[Ti]. The second-order valence-electron chi connectivity index (χ2n) is 13.3. The van der Waals surface area contributed by atoms with Gasteiger partial charge in [-0.25, -0.2) is 0 Å². The summed E-state index contributed by atoms with van der Waals surface area (Å²) < 4.78 is 0. The molecule has 0 fully saturated rings. The summed E-state index contributed by atoms with van der Waals surface area (Å²) in [5, 5.41) is 22.1. The molecule has 2 rings (SSSR count). The molecule has 33 heavy (non-hydrogen) atoms. The van der Waals surface area contributed by atoms with Gasteiger partial charge < -0.3 is 15.7 Å². The standard InChI is InChI=1S/C29H44O2.H2O.Ti/c1-26(2,3)20-14-18(15-21(24(20)30)27(4,5)6)13-19-16-22(28(7,8)9)25(31)23(17-19)29(10,11)12;;/h14-17,30-31H,13H2,1-12H3;1H2;. The first-order valence-electron chi connectivity index (χ1n) is 11.5. The largest absolute Gasteiger partial charge is 0.507 e. The smallest absolute Gasteiger partial charge is 0.123 e. The summed E-state index contributed by atoms with van der Waals surface area (Å²) in [7, 11) is 0. The first kappa shape index (κ1) is 31.7. The predicted octanol–water partition coefficient (Wildman–Crippen LogP) is 7.05. The number of rotatable bonds is 2. The fourth-order valence-corrected chi connectivity index (χ4v) is 4.12. The molecule has 2 aromatic carbocycles. The van der Waals surface area contributed by atoms with Crippen molar-refractivity contribution >= 4 is 0 Å². The van der Waals surface area contributed by atoms with Gasteiger partial charge in [0.2, 0.25) is 0 Å². The second-order valence-corrected chi connectivity index (χ2v) is 13.3. The monoisotopic (exact) mass is 490 g/mol. The molecular formula is C29H46O3Ti. The van der Waals surface area contributed by atoms with Crippen LogP contribution in [-0.4, -0.2) is 15.7 Å². The van der Waals surface area contributed by atoms with E-state index in [4.69, 9.17) is 0 Å². The van der Waals surface area contributed by atoms with E-state index in [1.807, 2.05) is 0 Å². The molecule has 0 atom stereocenters. The molecule has 184 valence electrons. The molecule has 0 aliphatic heterocycles. The summed E-state index contributed by atoms with van der Waals surface area (Å²) in [6.07, 6.45) is 0.763. The predicted molar refractivity (Wildman–Crippen MR) is 137 cm³/mol. The van der Waals surface area contributed by atoms with E-state index in [2.05, 4.69) is 107 Å². The molecular weight excluding hydrogens is 444 g/mol. The van der Waals surface area contributed by atoms with Crippen LogP contribution in [-0.2, 0) is 49.8 Å². The van der Waals surface area contributed by atoms with Crippen molar-refractivity contribution in [3.8, 4) is 11.5 Å². The Morgan fingerprint density at radius 3 is 0.818 bits per heavy atom. The van der Waals surface area contributed by atoms with E-state index >= 15 is 0 Å². The van der Waals surface area contributed by atoms with Crippen LogP contribution in [0.1, 0.15) is 116 Å². The average Bonchev–Trinajstić information content (AvgIpc) is 2.53. The number of hydrogen-bond acceptors (Lipinski definition) is 2. The molecule has 0 bridgehead atoms. The van der Waals surface area contributed by atoms with Gasteiger partial charge in [-0.05, 0) is 61.5 Å². The quantitative estimate of drug-likeness (QED) is 0.443. The van der Waals surface area contributed by atoms with Crippen molar-refractivity contribution in [3.63, 3.8) is 0 Å². The molecule has 0 aliphatic rings. The Kier molecular flexibility index (Phi) is 9.75. The number of phenols is 2. The molecule has 3 nitrogen and oxygen atoms in total. The summed E-state index contributed by atoms with van der Waals surface area (Å²) in [5.74, 6) is 0.834. The van der Waals surface area contributed by atoms with E-state index in [0.717, 1.165) is 28.7 Å². The molecule has 0 spiro atoms. The van der Waals surface area contributed by atoms with Gasteiger partial charge >= 0.3 is 0 Å². The van der Waals surface area contributed by atoms with Gasteiger partial charge in [0.05, 0.1) is 0 Å². The fourth-order valence-electron chi connectivity index (χ4n) is 4.12. The third-order valence-electron chi connectivity index (χ3n) is 5.98. The van der Waals surface area contributed by atoms with Crippen LogP contribution in [0.15, 0.2) is 24.3 Å². The van der Waals surface area contributed by atoms with Gasteiger partial charge in [-0.1, -0.05) is 107 Å². The molecule has 4 heteroatoms. The van der Waals surface area contributed by atoms with Crippen molar-refractivity contribution in [1.29, 1.82) is 0 Å². The van der Waals surface area contributed by atoms with Gasteiger partial charge in [-0.3, -0.25) is 0 Å². The Balaban J connectivity index is 0.00000512. The van der Waals surface area contributed by atoms with E-state index in [0.29, 0.717) is 11.5 Å². The zero-order chi connectivity index (χ0) is 24.2. The molecule has 0 amide bonds. The molecule has 0 heterocycles. The Bertz CT molecular complexity index is 813. The van der Waals surface area contributed by atoms with Gasteiger partial charge in [0.1, 0.15) is 11.5 Å². The van der Waals surface area contributed by atoms with Crippen LogP contribution in [0, 0.1) is 0 Å². The fraction of sp³-hybridized carbons (Fsp3) is 0.586. The Morgan fingerprint density at radius 2 is 0.667 bits per heavy atom. The molecule has 0 aliphatic carbocycles. The van der Waals surface area contributed by atoms with Crippen LogP contribution < -0.4 is 0 Å². The maximum Gasteiger partial charge on any atom is 0.123 e. The Morgan fingerprint density at radius 1 is 0.485 bits per heavy atom. The molecule has 2 aromatic rings. The van der Waals surface area contributed by atoms with Crippen molar-refractivity contribution in [2.24, 2.45) is 0 Å². The zero-order valence-corrected chi connectivity index (χ0v) is 24.5. The van der Waals surface area contributed by atoms with Crippen LogP contribution >= 0.6 is 0 Å². The van der Waals surface area contributed by atoms with E-state index in [9.17, 15) is 10.2 Å². The first-order chi connectivity index (χ1) is 13.7. The van der Waals surface area contributed by atoms with E-state index < -0.39 is 0 Å². The molecule has 0 radical (unpaired) electrons. The molecule has 0 saturated heterocycles. The average molecular weight is 491 g/mol. The van der Waals surface area contributed by atoms with Crippen molar-refractivity contribution in [2.75, 3.05) is 0 Å². The van der Waals surface area contributed by atoms with E-state index in [-0.39, 0.29) is 48.9 Å². The topological polar surface area (TPSA) is 72.0 Å². The van der Waals surface area contributed by atoms with Gasteiger partial charge in [-0.15, -0.1) is 0 Å². The van der Waals surface area contributed by atoms with Gasteiger partial charge in [0.15, 0.2) is 0 Å². The minimum Gasteiger partial charge on any atom is -0.507 e. The Labute approximate surface area is 217 Å². The summed E-state index contributed by atoms with van der Waals surface area (Å²) in [5.41, 5.74) is 5.73. The van der Waals surface area contributed by atoms with Crippen LogP contribution in [0.2, 0.25) is 0 Å². The van der Waals surface area contributed by atoms with E-state index in [1.54, 1.807) is 0 Å². The van der Waals surface area contributed by atoms with Gasteiger partial charge in [0, 0.05) is 21.7 Å². The first-order valence-corrected chi connectivity index (χ1v) is 11.5. The minimum atomic E-state index is -0.151. The van der Waals surface area contributed by atoms with Gasteiger partial charge in [0.25, 0.3) is 0 Å². The van der Waals surface area contributed by atoms with Crippen LogP contribution in [0.3, 0.4) is 0 Å². The van der Waals surface area contributed by atoms with Crippen molar-refractivity contribution in [1.82, 2.24) is 0 Å². The summed E-state index contributed by atoms with van der Waals surface area (Å²) in [4.78, 5) is 0. The maximum atomic E-state index is 11.1. The number of phenolic OH excluding ortho intramolecular Hbond substituents is 2. The van der Waals surface area contributed by atoms with Crippen LogP contribution in [0.4, 0.5) is 0 Å². The molecule has 4 N–H and O–H groups in total. The van der Waals surface area contributed by atoms with Crippen molar-refractivity contribution < 1.29 is 37.4 Å². The van der Waals surface area contributed by atoms with Crippen LogP contribution in [0.25, 0.3) is 0 Å². The van der Waals surface area contributed by atoms with Crippen LogP contribution in [0.5, 0.6) is 11.5 Å². The normalized spacial score (nSPS) is 12.7. The molecule has 0 aromatic heterocycles. The zero-order valence-electron chi connectivity index (χ0n) is 22.9. The summed E-state index contributed by atoms with van der Waals surface area (Å²) in [6.45, 7) is 25.8. The number of aromatic hydroxyl groups is 2. The number of benzene rings is 2. The minimum absolute atomic E-state index is 0. The van der Waals surface area contributed by atoms with Gasteiger partial charge in [-0.2, -0.15) is 0 Å². The Hall–Kier alpha value is -1.29. The molecule has 0 unspecified atom stereocenters. The summed E-state index contributed by atoms with van der Waals surface area (Å²) >= 11 is 0. The molecule has 0 saturated carbocycles. The third-order valence-corrected chi connectivity index (χ3v) is 5.98. The summed E-state index contributed by atoms with van der Waals surface area (Å²) in [6, 6.07) is 8.63. The van der Waals surface area contributed by atoms with Crippen molar-refractivity contribution in [3.05, 3.63) is 57.6 Å². The van der Waals surface area contributed by atoms with E-state index in [1.165, 1.54) is 11.1 Å².